The van der Waals surface area contributed by atoms with Crippen LogP contribution in [0.25, 0.3) is 0 Å². The highest BCUT2D eigenvalue weighted by Crippen LogP contribution is 2.29. The zero-order valence-corrected chi connectivity index (χ0v) is 13.4. The number of hydrogen-bond donors (Lipinski definition) is 1. The molecule has 0 aliphatic rings. The van der Waals surface area contributed by atoms with Crippen molar-refractivity contribution in [1.82, 2.24) is 5.32 Å². The van der Waals surface area contributed by atoms with E-state index in [-0.39, 0.29) is 6.10 Å². The van der Waals surface area contributed by atoms with E-state index >= 15 is 0 Å². The lowest BCUT2D eigenvalue weighted by Crippen LogP contribution is -2.15. The molecule has 20 heavy (non-hydrogen) atoms. The number of ether oxygens (including phenoxy) is 2. The second kappa shape index (κ2) is 9.65. The van der Waals surface area contributed by atoms with Gasteiger partial charge in [-0.1, -0.05) is 26.3 Å². The molecular formula is C17H29NO2. The Morgan fingerprint density at radius 2 is 1.95 bits per heavy atom. The third kappa shape index (κ3) is 5.83. The summed E-state index contributed by atoms with van der Waals surface area (Å²) in [5.74, 6) is 1.70. The summed E-state index contributed by atoms with van der Waals surface area (Å²) < 4.78 is 11.6. The summed E-state index contributed by atoms with van der Waals surface area (Å²) in [4.78, 5) is 0. The first kappa shape index (κ1) is 16.8. The van der Waals surface area contributed by atoms with Gasteiger partial charge < -0.3 is 14.8 Å². The van der Waals surface area contributed by atoms with E-state index in [2.05, 4.69) is 38.2 Å². The lowest BCUT2D eigenvalue weighted by atomic mass is 10.2. The molecule has 1 aromatic rings. The Balaban J connectivity index is 2.67. The minimum atomic E-state index is 0.211. The fourth-order valence-corrected chi connectivity index (χ4v) is 1.86. The van der Waals surface area contributed by atoms with Gasteiger partial charge in [0.2, 0.25) is 0 Å². The van der Waals surface area contributed by atoms with Crippen LogP contribution in [0.2, 0.25) is 0 Å². The molecule has 1 N–H and O–H groups in total. The van der Waals surface area contributed by atoms with Gasteiger partial charge in [0.1, 0.15) is 0 Å². The summed E-state index contributed by atoms with van der Waals surface area (Å²) in [5, 5.41) is 3.45. The zero-order chi connectivity index (χ0) is 14.8. The van der Waals surface area contributed by atoms with E-state index in [1.165, 1.54) is 18.4 Å². The molecule has 0 saturated heterocycles. The van der Waals surface area contributed by atoms with Gasteiger partial charge in [-0.3, -0.25) is 0 Å². The fourth-order valence-electron chi connectivity index (χ4n) is 1.86. The smallest absolute Gasteiger partial charge is 0.161 e. The van der Waals surface area contributed by atoms with Gasteiger partial charge in [0, 0.05) is 6.54 Å². The van der Waals surface area contributed by atoms with Crippen LogP contribution in [0.4, 0.5) is 0 Å². The van der Waals surface area contributed by atoms with Crippen molar-refractivity contribution < 1.29 is 9.47 Å². The van der Waals surface area contributed by atoms with Crippen molar-refractivity contribution in [2.24, 2.45) is 0 Å². The van der Waals surface area contributed by atoms with E-state index in [1.807, 2.05) is 13.0 Å². The Hall–Kier alpha value is -1.22. The first-order valence-electron chi connectivity index (χ1n) is 7.84. The summed E-state index contributed by atoms with van der Waals surface area (Å²) in [6.45, 7) is 11.0. The normalized spacial score (nSPS) is 12.2. The van der Waals surface area contributed by atoms with Crippen LogP contribution in [0.1, 0.15) is 52.5 Å². The molecule has 3 heteroatoms. The van der Waals surface area contributed by atoms with Gasteiger partial charge in [0.05, 0.1) is 12.7 Å². The molecule has 1 atom stereocenters. The molecule has 0 fully saturated rings. The van der Waals surface area contributed by atoms with Gasteiger partial charge in [-0.2, -0.15) is 0 Å². The minimum absolute atomic E-state index is 0.211. The second-order valence-electron chi connectivity index (χ2n) is 5.08. The summed E-state index contributed by atoms with van der Waals surface area (Å²) in [6.07, 6.45) is 3.64. The number of rotatable bonds is 10. The minimum Gasteiger partial charge on any atom is -0.490 e. The van der Waals surface area contributed by atoms with Gasteiger partial charge >= 0.3 is 0 Å². The van der Waals surface area contributed by atoms with E-state index in [4.69, 9.17) is 9.47 Å². The van der Waals surface area contributed by atoms with E-state index in [9.17, 15) is 0 Å². The van der Waals surface area contributed by atoms with Crippen molar-refractivity contribution in [3.63, 3.8) is 0 Å². The van der Waals surface area contributed by atoms with Crippen molar-refractivity contribution in [3.05, 3.63) is 23.8 Å². The zero-order valence-electron chi connectivity index (χ0n) is 13.4. The summed E-state index contributed by atoms with van der Waals surface area (Å²) in [5.41, 5.74) is 1.24. The first-order chi connectivity index (χ1) is 9.71. The maximum Gasteiger partial charge on any atom is 0.161 e. The molecule has 0 amide bonds. The molecule has 0 bridgehead atoms. The van der Waals surface area contributed by atoms with Gasteiger partial charge in [-0.05, 0) is 50.9 Å². The molecule has 0 radical (unpaired) electrons. The van der Waals surface area contributed by atoms with Gasteiger partial charge in [-0.15, -0.1) is 0 Å². The van der Waals surface area contributed by atoms with Crippen LogP contribution in [-0.2, 0) is 6.54 Å². The Morgan fingerprint density at radius 1 is 1.15 bits per heavy atom. The molecule has 114 valence electrons. The predicted molar refractivity (Wildman–Crippen MR) is 84.6 cm³/mol. The Bertz CT molecular complexity index is 379. The molecular weight excluding hydrogens is 250 g/mol. The van der Waals surface area contributed by atoms with Crippen molar-refractivity contribution in [2.45, 2.75) is 59.6 Å². The molecule has 0 heterocycles. The van der Waals surface area contributed by atoms with Crippen LogP contribution >= 0.6 is 0 Å². The topological polar surface area (TPSA) is 30.5 Å². The third-order valence-corrected chi connectivity index (χ3v) is 3.25. The molecule has 0 aromatic heterocycles. The van der Waals surface area contributed by atoms with Gasteiger partial charge in [0.25, 0.3) is 0 Å². The average molecular weight is 279 g/mol. The molecule has 0 saturated carbocycles. The van der Waals surface area contributed by atoms with E-state index in [1.54, 1.807) is 0 Å². The molecule has 0 aliphatic heterocycles. The monoisotopic (exact) mass is 279 g/mol. The molecule has 0 spiro atoms. The number of hydrogen-bond acceptors (Lipinski definition) is 3. The Labute approximate surface area is 123 Å². The fraction of sp³-hybridized carbons (Fsp3) is 0.647. The summed E-state index contributed by atoms with van der Waals surface area (Å²) in [7, 11) is 0. The standard InChI is InChI=1S/C17H29NO2/c1-5-8-11-18-13-15-9-10-16(20-14(4)6-2)17(12-15)19-7-3/h9-10,12,14,18H,5-8,11,13H2,1-4H3/t14-/m1/s1. The molecule has 1 rings (SSSR count). The highest BCUT2D eigenvalue weighted by atomic mass is 16.5. The molecule has 0 unspecified atom stereocenters. The van der Waals surface area contributed by atoms with Crippen molar-refractivity contribution in [3.8, 4) is 11.5 Å². The van der Waals surface area contributed by atoms with Crippen LogP contribution in [0, 0.1) is 0 Å². The molecule has 3 nitrogen and oxygen atoms in total. The van der Waals surface area contributed by atoms with E-state index in [0.29, 0.717) is 6.61 Å². The Kier molecular flexibility index (Phi) is 8.12. The van der Waals surface area contributed by atoms with Gasteiger partial charge in [0.15, 0.2) is 11.5 Å². The maximum absolute atomic E-state index is 5.90. The van der Waals surface area contributed by atoms with Crippen LogP contribution in [-0.4, -0.2) is 19.3 Å². The van der Waals surface area contributed by atoms with Crippen LogP contribution in [0.5, 0.6) is 11.5 Å². The summed E-state index contributed by atoms with van der Waals surface area (Å²) >= 11 is 0. The SMILES string of the molecule is CCCCNCc1ccc(O[C@H](C)CC)c(OCC)c1. The van der Waals surface area contributed by atoms with E-state index in [0.717, 1.165) is 31.0 Å². The second-order valence-corrected chi connectivity index (χ2v) is 5.08. The summed E-state index contributed by atoms with van der Waals surface area (Å²) in [6, 6.07) is 6.22. The van der Waals surface area contributed by atoms with Gasteiger partial charge in [-0.25, -0.2) is 0 Å². The average Bonchev–Trinajstić information content (AvgIpc) is 2.46. The lowest BCUT2D eigenvalue weighted by molar-refractivity contribution is 0.203. The number of unbranched alkanes of at least 4 members (excludes halogenated alkanes) is 1. The highest BCUT2D eigenvalue weighted by molar-refractivity contribution is 5.43. The van der Waals surface area contributed by atoms with E-state index < -0.39 is 0 Å². The third-order valence-electron chi connectivity index (χ3n) is 3.25. The van der Waals surface area contributed by atoms with Crippen molar-refractivity contribution in [2.75, 3.05) is 13.2 Å². The molecule has 1 aromatic carbocycles. The Morgan fingerprint density at radius 3 is 2.60 bits per heavy atom. The quantitative estimate of drug-likeness (QED) is 0.653. The largest absolute Gasteiger partial charge is 0.490 e. The predicted octanol–water partition coefficient (Wildman–Crippen LogP) is 4.15. The van der Waals surface area contributed by atoms with Crippen LogP contribution in [0.15, 0.2) is 18.2 Å². The number of nitrogens with one attached hydrogen (secondary N) is 1. The first-order valence-corrected chi connectivity index (χ1v) is 7.84. The number of benzene rings is 1. The van der Waals surface area contributed by atoms with Crippen LogP contribution in [0.3, 0.4) is 0 Å². The maximum atomic E-state index is 5.90. The lowest BCUT2D eigenvalue weighted by Gasteiger charge is -2.17. The highest BCUT2D eigenvalue weighted by Gasteiger charge is 2.09. The van der Waals surface area contributed by atoms with Crippen LogP contribution < -0.4 is 14.8 Å². The van der Waals surface area contributed by atoms with Crippen molar-refractivity contribution >= 4 is 0 Å². The molecule has 0 aliphatic carbocycles. The van der Waals surface area contributed by atoms with Crippen molar-refractivity contribution in [1.29, 1.82) is 0 Å².